The smallest absolute Gasteiger partial charge is 0.220 e. The zero-order valence-corrected chi connectivity index (χ0v) is 24.9. The summed E-state index contributed by atoms with van der Waals surface area (Å²) in [6.45, 7) is 13.3. The predicted molar refractivity (Wildman–Crippen MR) is 168 cm³/mol. The molecule has 0 N–H and O–H groups in total. The van der Waals surface area contributed by atoms with E-state index in [0.29, 0.717) is 17.4 Å². The Morgan fingerprint density at radius 2 is 1.55 bits per heavy atom. The molecule has 1 aliphatic heterocycles. The minimum absolute atomic E-state index is 0.0427. The number of nitrogens with zero attached hydrogens (tertiary/aromatic N) is 6. The number of hydrogen-bond donors (Lipinski definition) is 0. The van der Waals surface area contributed by atoms with Crippen molar-refractivity contribution in [2.75, 3.05) is 31.1 Å². The topological polar surface area (TPSA) is 41.6 Å². The summed E-state index contributed by atoms with van der Waals surface area (Å²) in [7, 11) is 0. The normalized spacial score (nSPS) is 15.3. The van der Waals surface area contributed by atoms with E-state index < -0.39 is 0 Å². The molecule has 1 fully saturated rings. The first-order valence-corrected chi connectivity index (χ1v) is 14.7. The second-order valence-electron chi connectivity index (χ2n) is 11.3. The third kappa shape index (κ3) is 6.77. The van der Waals surface area contributed by atoms with Crippen LogP contribution in [0.3, 0.4) is 0 Å². The Labute approximate surface area is 243 Å². The van der Waals surface area contributed by atoms with Crippen LogP contribution in [0.1, 0.15) is 54.8 Å². The highest BCUT2D eigenvalue weighted by molar-refractivity contribution is 7.71. The number of anilines is 1. The number of rotatable bonds is 9. The highest BCUT2D eigenvalue weighted by atomic mass is 32.1. The van der Waals surface area contributed by atoms with Crippen LogP contribution < -0.4 is 4.90 Å². The molecule has 1 saturated heterocycles. The first-order chi connectivity index (χ1) is 19.4. The van der Waals surface area contributed by atoms with Gasteiger partial charge in [-0.2, -0.15) is 14.9 Å². The van der Waals surface area contributed by atoms with Gasteiger partial charge in [-0.1, -0.05) is 93.1 Å². The second kappa shape index (κ2) is 12.7. The van der Waals surface area contributed by atoms with Crippen LogP contribution in [0.2, 0.25) is 0 Å². The van der Waals surface area contributed by atoms with Crippen LogP contribution >= 0.6 is 12.2 Å². The molecule has 4 aromatic rings. The van der Waals surface area contributed by atoms with Crippen molar-refractivity contribution in [2.45, 2.75) is 46.7 Å². The SMILES string of the molecule is Cc1ccc(/C=N/n2c(C(C)c3ccc(CC(C)C)cc3)nn(CN3CCN(c4ccccc4)CC3)c2=S)cc1. The van der Waals surface area contributed by atoms with E-state index in [1.807, 2.05) is 15.6 Å². The van der Waals surface area contributed by atoms with Gasteiger partial charge in [0.25, 0.3) is 0 Å². The molecule has 2 heterocycles. The predicted octanol–water partition coefficient (Wildman–Crippen LogP) is 6.73. The molecule has 0 bridgehead atoms. The number of aryl methyl sites for hydroxylation is 1. The van der Waals surface area contributed by atoms with E-state index in [2.05, 4.69) is 116 Å². The summed E-state index contributed by atoms with van der Waals surface area (Å²) in [6.07, 6.45) is 2.96. The molecule has 1 aromatic heterocycles. The van der Waals surface area contributed by atoms with Crippen LogP contribution in [0, 0.1) is 17.6 Å². The Kier molecular flexibility index (Phi) is 8.92. The van der Waals surface area contributed by atoms with Gasteiger partial charge in [0.2, 0.25) is 4.77 Å². The van der Waals surface area contributed by atoms with Gasteiger partial charge >= 0.3 is 0 Å². The monoisotopic (exact) mass is 552 g/mol. The molecule has 208 valence electrons. The molecule has 0 spiro atoms. The molecule has 1 unspecified atom stereocenters. The third-order valence-corrected chi connectivity index (χ3v) is 7.96. The van der Waals surface area contributed by atoms with Gasteiger partial charge in [-0.05, 0) is 60.3 Å². The van der Waals surface area contributed by atoms with Crippen molar-refractivity contribution in [1.29, 1.82) is 0 Å². The van der Waals surface area contributed by atoms with E-state index in [4.69, 9.17) is 22.4 Å². The molecule has 7 heteroatoms. The summed E-state index contributed by atoms with van der Waals surface area (Å²) in [6, 6.07) is 27.9. The fourth-order valence-corrected chi connectivity index (χ4v) is 5.44. The van der Waals surface area contributed by atoms with Gasteiger partial charge in [-0.15, -0.1) is 0 Å². The minimum Gasteiger partial charge on any atom is -0.369 e. The van der Waals surface area contributed by atoms with Crippen molar-refractivity contribution in [1.82, 2.24) is 19.4 Å². The third-order valence-electron chi connectivity index (χ3n) is 7.58. The van der Waals surface area contributed by atoms with Crippen LogP contribution in [0.25, 0.3) is 0 Å². The van der Waals surface area contributed by atoms with Crippen molar-refractivity contribution >= 4 is 24.1 Å². The lowest BCUT2D eigenvalue weighted by Crippen LogP contribution is -2.47. The molecule has 1 aliphatic rings. The molecule has 40 heavy (non-hydrogen) atoms. The zero-order chi connectivity index (χ0) is 28.1. The molecule has 3 aromatic carbocycles. The maximum absolute atomic E-state index is 5.97. The summed E-state index contributed by atoms with van der Waals surface area (Å²) in [5.74, 6) is 1.53. The molecule has 0 saturated carbocycles. The van der Waals surface area contributed by atoms with Crippen molar-refractivity contribution in [3.05, 3.63) is 112 Å². The van der Waals surface area contributed by atoms with E-state index in [0.717, 1.165) is 44.0 Å². The molecule has 0 aliphatic carbocycles. The van der Waals surface area contributed by atoms with Gasteiger partial charge in [0.05, 0.1) is 12.9 Å². The maximum Gasteiger partial charge on any atom is 0.220 e. The van der Waals surface area contributed by atoms with Crippen molar-refractivity contribution in [3.8, 4) is 0 Å². The van der Waals surface area contributed by atoms with E-state index >= 15 is 0 Å². The Bertz CT molecular complexity index is 1460. The lowest BCUT2D eigenvalue weighted by Gasteiger charge is -2.35. The largest absolute Gasteiger partial charge is 0.369 e. The quantitative estimate of drug-likeness (QED) is 0.170. The molecule has 1 atom stereocenters. The van der Waals surface area contributed by atoms with Gasteiger partial charge in [-0.25, -0.2) is 4.68 Å². The second-order valence-corrected chi connectivity index (χ2v) is 11.6. The number of hydrogen-bond acceptors (Lipinski definition) is 5. The highest BCUT2D eigenvalue weighted by Crippen LogP contribution is 2.25. The lowest BCUT2D eigenvalue weighted by atomic mass is 9.96. The standard InChI is InChI=1S/C33H40N6S/c1-25(2)22-28-14-16-30(17-15-28)27(4)32-35-38(33(40)39(32)34-23-29-12-10-26(3)11-13-29)24-36-18-20-37(21-19-36)31-8-6-5-7-9-31/h5-17,23,25,27H,18-22,24H2,1-4H3/b34-23+. The summed E-state index contributed by atoms with van der Waals surface area (Å²) >= 11 is 5.97. The number of aromatic nitrogens is 3. The summed E-state index contributed by atoms with van der Waals surface area (Å²) in [5.41, 5.74) is 6.12. The first-order valence-electron chi connectivity index (χ1n) is 14.3. The zero-order valence-electron chi connectivity index (χ0n) is 24.1. The molecule has 6 nitrogen and oxygen atoms in total. The summed E-state index contributed by atoms with van der Waals surface area (Å²) < 4.78 is 4.41. The van der Waals surface area contributed by atoms with Crippen molar-refractivity contribution in [3.63, 3.8) is 0 Å². The van der Waals surface area contributed by atoms with Crippen LogP contribution in [0.5, 0.6) is 0 Å². The van der Waals surface area contributed by atoms with Gasteiger partial charge in [0.15, 0.2) is 5.82 Å². The average molecular weight is 553 g/mol. The van der Waals surface area contributed by atoms with Crippen LogP contribution in [-0.2, 0) is 13.1 Å². The van der Waals surface area contributed by atoms with Crippen molar-refractivity contribution in [2.24, 2.45) is 11.0 Å². The number of benzene rings is 3. The fourth-order valence-electron chi connectivity index (χ4n) is 5.20. The maximum atomic E-state index is 5.97. The van der Waals surface area contributed by atoms with Gasteiger partial charge in [0.1, 0.15) is 0 Å². The lowest BCUT2D eigenvalue weighted by molar-refractivity contribution is 0.194. The van der Waals surface area contributed by atoms with E-state index in [1.165, 1.54) is 22.4 Å². The Morgan fingerprint density at radius 1 is 0.875 bits per heavy atom. The van der Waals surface area contributed by atoms with Crippen LogP contribution in [0.15, 0.2) is 84.0 Å². The Balaban J connectivity index is 1.39. The highest BCUT2D eigenvalue weighted by Gasteiger charge is 2.22. The fraction of sp³-hybridized carbons (Fsp3) is 0.364. The molecular formula is C33H40N6S. The van der Waals surface area contributed by atoms with Crippen LogP contribution in [0.4, 0.5) is 5.69 Å². The first kappa shape index (κ1) is 28.0. The molecule has 0 amide bonds. The summed E-state index contributed by atoms with van der Waals surface area (Å²) in [4.78, 5) is 4.86. The van der Waals surface area contributed by atoms with Gasteiger partial charge in [-0.3, -0.25) is 4.90 Å². The Hall–Kier alpha value is -3.55. The Morgan fingerprint density at radius 3 is 2.20 bits per heavy atom. The minimum atomic E-state index is 0.0427. The number of piperazine rings is 1. The van der Waals surface area contributed by atoms with E-state index in [-0.39, 0.29) is 5.92 Å². The van der Waals surface area contributed by atoms with Crippen molar-refractivity contribution < 1.29 is 0 Å². The van der Waals surface area contributed by atoms with E-state index in [9.17, 15) is 0 Å². The van der Waals surface area contributed by atoms with E-state index in [1.54, 1.807) is 0 Å². The molecular weight excluding hydrogens is 512 g/mol. The molecule has 5 rings (SSSR count). The van der Waals surface area contributed by atoms with Crippen LogP contribution in [-0.4, -0.2) is 51.8 Å². The average Bonchev–Trinajstić information content (AvgIpc) is 3.27. The summed E-state index contributed by atoms with van der Waals surface area (Å²) in [5, 5.41) is 9.91. The number of para-hydroxylation sites is 1. The van der Waals surface area contributed by atoms with Gasteiger partial charge < -0.3 is 4.90 Å². The molecule has 0 radical (unpaired) electrons. The van der Waals surface area contributed by atoms with Gasteiger partial charge in [0, 0.05) is 37.8 Å².